The minimum atomic E-state index is -0.775. The highest BCUT2D eigenvalue weighted by molar-refractivity contribution is 5.99. The molecule has 34 heavy (non-hydrogen) atoms. The van der Waals surface area contributed by atoms with Gasteiger partial charge < -0.3 is 14.2 Å². The van der Waals surface area contributed by atoms with E-state index in [1.807, 2.05) is 13.8 Å². The van der Waals surface area contributed by atoms with E-state index in [1.165, 1.54) is 17.0 Å². The minimum Gasteiger partial charge on any atom is -0.410 e. The third kappa shape index (κ3) is 4.76. The highest BCUT2D eigenvalue weighted by Gasteiger charge is 2.20. The van der Waals surface area contributed by atoms with Crippen molar-refractivity contribution in [2.75, 3.05) is 13.1 Å². The van der Waals surface area contributed by atoms with E-state index in [-0.39, 0.29) is 17.9 Å². The van der Waals surface area contributed by atoms with Gasteiger partial charge >= 0.3 is 6.09 Å². The SMILES string of the molecule is CCN(CC)C(=O)Oc1ccc2c(ccn2Cc2cc(F)cc(F)c2)c1-c1cc(F)cc(F)c1. The summed E-state index contributed by atoms with van der Waals surface area (Å²) in [5, 5.41) is 0.562. The number of amides is 1. The van der Waals surface area contributed by atoms with E-state index in [4.69, 9.17) is 4.74 Å². The van der Waals surface area contributed by atoms with Crippen molar-refractivity contribution in [1.29, 1.82) is 0 Å². The number of halogens is 4. The summed E-state index contributed by atoms with van der Waals surface area (Å²) in [6.45, 7) is 4.65. The molecule has 4 nitrogen and oxygen atoms in total. The Labute approximate surface area is 194 Å². The molecule has 0 N–H and O–H groups in total. The summed E-state index contributed by atoms with van der Waals surface area (Å²) in [5.74, 6) is -2.78. The average Bonchev–Trinajstić information content (AvgIpc) is 3.15. The van der Waals surface area contributed by atoms with E-state index in [2.05, 4.69) is 0 Å². The smallest absolute Gasteiger partial charge is 0.410 e. The summed E-state index contributed by atoms with van der Waals surface area (Å²) >= 11 is 0. The molecule has 4 aromatic rings. The molecular formula is C26H22F4N2O2. The normalized spacial score (nSPS) is 11.1. The van der Waals surface area contributed by atoms with Crippen LogP contribution in [0.4, 0.5) is 22.4 Å². The standard InChI is InChI=1S/C26H22F4N2O2/c1-3-31(4-2)26(33)34-24-6-5-23-22(25(24)17-11-20(29)14-21(30)12-17)7-8-32(23)15-16-9-18(27)13-19(28)10-16/h5-14H,3-4,15H2,1-2H3. The molecule has 1 aromatic heterocycles. The number of ether oxygens (including phenoxy) is 1. The number of hydrogen-bond acceptors (Lipinski definition) is 2. The van der Waals surface area contributed by atoms with Crippen LogP contribution in [0.2, 0.25) is 0 Å². The molecule has 1 amide bonds. The lowest BCUT2D eigenvalue weighted by atomic mass is 10.00. The Morgan fingerprint density at radius 1 is 0.853 bits per heavy atom. The Balaban J connectivity index is 1.85. The first kappa shape index (κ1) is 23.4. The summed E-state index contributed by atoms with van der Waals surface area (Å²) < 4.78 is 62.9. The van der Waals surface area contributed by atoms with Crippen LogP contribution >= 0.6 is 0 Å². The number of carbonyl (C=O) groups is 1. The largest absolute Gasteiger partial charge is 0.415 e. The number of rotatable bonds is 6. The second-order valence-corrected chi connectivity index (χ2v) is 7.79. The minimum absolute atomic E-state index is 0.143. The lowest BCUT2D eigenvalue weighted by Crippen LogP contribution is -2.33. The van der Waals surface area contributed by atoms with Crippen molar-refractivity contribution in [2.24, 2.45) is 0 Å². The molecule has 0 spiro atoms. The zero-order chi connectivity index (χ0) is 24.4. The molecule has 0 radical (unpaired) electrons. The molecule has 0 aliphatic heterocycles. The molecule has 0 aliphatic rings. The number of carbonyl (C=O) groups excluding carboxylic acids is 1. The number of hydrogen-bond donors (Lipinski definition) is 0. The van der Waals surface area contributed by atoms with Crippen LogP contribution in [-0.2, 0) is 6.54 Å². The molecule has 1 heterocycles. The Morgan fingerprint density at radius 2 is 1.44 bits per heavy atom. The van der Waals surface area contributed by atoms with Crippen LogP contribution < -0.4 is 4.74 Å². The molecule has 0 saturated carbocycles. The molecule has 3 aromatic carbocycles. The van der Waals surface area contributed by atoms with E-state index in [0.29, 0.717) is 35.1 Å². The fourth-order valence-electron chi connectivity index (χ4n) is 4.01. The Hall–Kier alpha value is -3.81. The summed E-state index contributed by atoms with van der Waals surface area (Å²) in [4.78, 5) is 14.1. The molecular weight excluding hydrogens is 448 g/mol. The predicted octanol–water partition coefficient (Wildman–Crippen LogP) is 6.75. The van der Waals surface area contributed by atoms with E-state index < -0.39 is 29.4 Å². The molecule has 0 fully saturated rings. The van der Waals surface area contributed by atoms with Gasteiger partial charge in [-0.05, 0) is 67.4 Å². The van der Waals surface area contributed by atoms with E-state index >= 15 is 0 Å². The maximum atomic E-state index is 14.1. The van der Waals surface area contributed by atoms with Crippen LogP contribution in [0.1, 0.15) is 19.4 Å². The lowest BCUT2D eigenvalue weighted by Gasteiger charge is -2.20. The van der Waals surface area contributed by atoms with Gasteiger partial charge in [-0.1, -0.05) is 0 Å². The molecule has 0 atom stereocenters. The summed E-state index contributed by atoms with van der Waals surface area (Å²) in [5.41, 5.74) is 1.57. The Kier molecular flexibility index (Phi) is 6.58. The van der Waals surface area contributed by atoms with Crippen molar-refractivity contribution >= 4 is 17.0 Å². The average molecular weight is 470 g/mol. The molecule has 0 saturated heterocycles. The highest BCUT2D eigenvalue weighted by Crippen LogP contribution is 2.39. The van der Waals surface area contributed by atoms with E-state index in [1.54, 1.807) is 29.0 Å². The second kappa shape index (κ2) is 9.59. The van der Waals surface area contributed by atoms with Crippen molar-refractivity contribution in [3.63, 3.8) is 0 Å². The van der Waals surface area contributed by atoms with Crippen LogP contribution in [0.15, 0.2) is 60.8 Å². The first-order chi connectivity index (χ1) is 16.3. The first-order valence-electron chi connectivity index (χ1n) is 10.8. The number of benzene rings is 3. The van der Waals surface area contributed by atoms with Gasteiger partial charge in [-0.3, -0.25) is 0 Å². The van der Waals surface area contributed by atoms with E-state index in [9.17, 15) is 22.4 Å². The quantitative estimate of drug-likeness (QED) is 0.292. The molecule has 0 aliphatic carbocycles. The lowest BCUT2D eigenvalue weighted by molar-refractivity contribution is 0.157. The maximum Gasteiger partial charge on any atom is 0.415 e. The summed E-state index contributed by atoms with van der Waals surface area (Å²) in [7, 11) is 0. The van der Waals surface area contributed by atoms with Crippen molar-refractivity contribution in [3.8, 4) is 16.9 Å². The summed E-state index contributed by atoms with van der Waals surface area (Å²) in [6, 6.07) is 11.3. The third-order valence-electron chi connectivity index (χ3n) is 5.56. The van der Waals surface area contributed by atoms with Gasteiger partial charge in [0.1, 0.15) is 29.0 Å². The van der Waals surface area contributed by atoms with Crippen LogP contribution in [-0.4, -0.2) is 28.6 Å². The van der Waals surface area contributed by atoms with Gasteiger partial charge in [-0.2, -0.15) is 0 Å². The van der Waals surface area contributed by atoms with Crippen LogP contribution in [0, 0.1) is 23.3 Å². The predicted molar refractivity (Wildman–Crippen MR) is 122 cm³/mol. The first-order valence-corrected chi connectivity index (χ1v) is 10.8. The molecule has 176 valence electrons. The maximum absolute atomic E-state index is 14.1. The second-order valence-electron chi connectivity index (χ2n) is 7.79. The monoisotopic (exact) mass is 470 g/mol. The van der Waals surface area contributed by atoms with E-state index in [0.717, 1.165) is 24.3 Å². The topological polar surface area (TPSA) is 34.5 Å². The fourth-order valence-corrected chi connectivity index (χ4v) is 4.01. The van der Waals surface area contributed by atoms with Gasteiger partial charge in [0.25, 0.3) is 0 Å². The number of fused-ring (bicyclic) bond motifs is 1. The van der Waals surface area contributed by atoms with Gasteiger partial charge in [0.05, 0.1) is 0 Å². The Morgan fingerprint density at radius 3 is 2.03 bits per heavy atom. The van der Waals surface area contributed by atoms with Crippen molar-refractivity contribution in [2.45, 2.75) is 20.4 Å². The van der Waals surface area contributed by atoms with Crippen LogP contribution in [0.25, 0.3) is 22.0 Å². The van der Waals surface area contributed by atoms with Gasteiger partial charge in [0.2, 0.25) is 0 Å². The zero-order valence-electron chi connectivity index (χ0n) is 18.6. The number of nitrogens with zero attached hydrogens (tertiary/aromatic N) is 2. The van der Waals surface area contributed by atoms with Crippen LogP contribution in [0.3, 0.4) is 0 Å². The molecule has 4 rings (SSSR count). The van der Waals surface area contributed by atoms with Gasteiger partial charge in [-0.15, -0.1) is 0 Å². The third-order valence-corrected chi connectivity index (χ3v) is 5.56. The highest BCUT2D eigenvalue weighted by atomic mass is 19.1. The van der Waals surface area contributed by atoms with Crippen LogP contribution in [0.5, 0.6) is 5.75 Å². The molecule has 0 unspecified atom stereocenters. The van der Waals surface area contributed by atoms with Gasteiger partial charge in [-0.25, -0.2) is 22.4 Å². The van der Waals surface area contributed by atoms with Crippen molar-refractivity contribution < 1.29 is 27.1 Å². The molecule has 0 bridgehead atoms. The zero-order valence-corrected chi connectivity index (χ0v) is 18.6. The molecule has 8 heteroatoms. The van der Waals surface area contributed by atoms with Gasteiger partial charge in [0, 0.05) is 54.4 Å². The number of aromatic nitrogens is 1. The Bertz CT molecular complexity index is 1320. The van der Waals surface area contributed by atoms with Crippen molar-refractivity contribution in [3.05, 3.63) is 89.6 Å². The summed E-state index contributed by atoms with van der Waals surface area (Å²) in [6.07, 6.45) is 1.11. The van der Waals surface area contributed by atoms with Gasteiger partial charge in [0.15, 0.2) is 0 Å². The fraction of sp³-hybridized carbons (Fsp3) is 0.192. The van der Waals surface area contributed by atoms with Crippen molar-refractivity contribution in [1.82, 2.24) is 9.47 Å².